The SMILES string of the molecule is COCC1(COC(C)C)CCCN1C. The lowest BCUT2D eigenvalue weighted by atomic mass is 9.99. The van der Waals surface area contributed by atoms with Crippen LogP contribution >= 0.6 is 0 Å². The van der Waals surface area contributed by atoms with Gasteiger partial charge < -0.3 is 9.47 Å². The van der Waals surface area contributed by atoms with Crippen molar-refractivity contribution in [2.45, 2.75) is 38.3 Å². The summed E-state index contributed by atoms with van der Waals surface area (Å²) in [7, 11) is 3.93. The van der Waals surface area contributed by atoms with Gasteiger partial charge in [0, 0.05) is 7.11 Å². The summed E-state index contributed by atoms with van der Waals surface area (Å²) in [6, 6.07) is 0. The van der Waals surface area contributed by atoms with Crippen LogP contribution in [0.25, 0.3) is 0 Å². The first kappa shape index (κ1) is 12.0. The molecule has 1 unspecified atom stereocenters. The molecule has 0 aromatic carbocycles. The van der Waals surface area contributed by atoms with E-state index >= 15 is 0 Å². The average molecular weight is 201 g/mol. The van der Waals surface area contributed by atoms with Crippen molar-refractivity contribution in [3.05, 3.63) is 0 Å². The smallest absolute Gasteiger partial charge is 0.0676 e. The molecule has 3 heteroatoms. The van der Waals surface area contributed by atoms with Crippen LogP contribution in [0, 0.1) is 0 Å². The summed E-state index contributed by atoms with van der Waals surface area (Å²) < 4.78 is 11.0. The first-order valence-corrected chi connectivity index (χ1v) is 5.42. The molecular formula is C11H23NO2. The molecule has 0 bridgehead atoms. The van der Waals surface area contributed by atoms with Crippen molar-refractivity contribution in [1.29, 1.82) is 0 Å². The summed E-state index contributed by atoms with van der Waals surface area (Å²) >= 11 is 0. The van der Waals surface area contributed by atoms with Gasteiger partial charge in [-0.3, -0.25) is 4.90 Å². The fraction of sp³-hybridized carbons (Fsp3) is 1.00. The minimum absolute atomic E-state index is 0.124. The van der Waals surface area contributed by atoms with E-state index in [4.69, 9.17) is 9.47 Å². The summed E-state index contributed by atoms with van der Waals surface area (Å²) in [5, 5.41) is 0. The topological polar surface area (TPSA) is 21.7 Å². The molecule has 1 fully saturated rings. The third kappa shape index (κ3) is 2.69. The monoisotopic (exact) mass is 201 g/mol. The van der Waals surface area contributed by atoms with Crippen molar-refractivity contribution in [1.82, 2.24) is 4.90 Å². The van der Waals surface area contributed by atoms with E-state index in [1.54, 1.807) is 7.11 Å². The summed E-state index contributed by atoms with van der Waals surface area (Å²) in [4.78, 5) is 2.37. The van der Waals surface area contributed by atoms with Crippen LogP contribution in [0.3, 0.4) is 0 Å². The van der Waals surface area contributed by atoms with Gasteiger partial charge in [0.15, 0.2) is 0 Å². The summed E-state index contributed by atoms with van der Waals surface area (Å²) in [6.07, 6.45) is 2.74. The predicted octanol–water partition coefficient (Wildman–Crippen LogP) is 1.52. The molecule has 0 aromatic rings. The Labute approximate surface area is 87.4 Å². The van der Waals surface area contributed by atoms with Crippen molar-refractivity contribution in [3.8, 4) is 0 Å². The molecule has 1 aliphatic heterocycles. The number of nitrogens with zero attached hydrogens (tertiary/aromatic N) is 1. The Balaban J connectivity index is 2.52. The Kier molecular flexibility index (Phi) is 4.35. The van der Waals surface area contributed by atoms with Crippen molar-refractivity contribution in [2.75, 3.05) is 33.9 Å². The van der Waals surface area contributed by atoms with Crippen molar-refractivity contribution in [2.24, 2.45) is 0 Å². The summed E-state index contributed by atoms with van der Waals surface area (Å²) in [6.45, 7) is 6.88. The minimum Gasteiger partial charge on any atom is -0.383 e. The zero-order valence-electron chi connectivity index (χ0n) is 9.88. The van der Waals surface area contributed by atoms with Crippen LogP contribution in [0.1, 0.15) is 26.7 Å². The van der Waals surface area contributed by atoms with Crippen molar-refractivity contribution in [3.63, 3.8) is 0 Å². The Morgan fingerprint density at radius 3 is 2.50 bits per heavy atom. The normalized spacial score (nSPS) is 28.9. The van der Waals surface area contributed by atoms with Gasteiger partial charge in [0.2, 0.25) is 0 Å². The van der Waals surface area contributed by atoms with E-state index in [1.807, 2.05) is 0 Å². The number of rotatable bonds is 5. The van der Waals surface area contributed by atoms with E-state index in [-0.39, 0.29) is 5.54 Å². The van der Waals surface area contributed by atoms with Crippen molar-refractivity contribution < 1.29 is 9.47 Å². The lowest BCUT2D eigenvalue weighted by Crippen LogP contribution is -2.49. The fourth-order valence-electron chi connectivity index (χ4n) is 2.07. The highest BCUT2D eigenvalue weighted by molar-refractivity contribution is 4.94. The van der Waals surface area contributed by atoms with Gasteiger partial charge in [-0.15, -0.1) is 0 Å². The van der Waals surface area contributed by atoms with Gasteiger partial charge in [0.05, 0.1) is 24.9 Å². The Morgan fingerprint density at radius 1 is 1.36 bits per heavy atom. The molecule has 1 heterocycles. The molecule has 0 aromatic heterocycles. The molecular weight excluding hydrogens is 178 g/mol. The molecule has 1 saturated heterocycles. The van der Waals surface area contributed by atoms with Gasteiger partial charge in [-0.1, -0.05) is 0 Å². The fourth-order valence-corrected chi connectivity index (χ4v) is 2.07. The molecule has 0 radical (unpaired) electrons. The number of ether oxygens (including phenoxy) is 2. The number of hydrogen-bond donors (Lipinski definition) is 0. The Bertz CT molecular complexity index is 173. The molecule has 0 amide bonds. The van der Waals surface area contributed by atoms with E-state index < -0.39 is 0 Å². The maximum Gasteiger partial charge on any atom is 0.0676 e. The molecule has 14 heavy (non-hydrogen) atoms. The molecule has 3 nitrogen and oxygen atoms in total. The minimum atomic E-state index is 0.124. The third-order valence-electron chi connectivity index (χ3n) is 3.04. The maximum absolute atomic E-state index is 5.73. The van der Waals surface area contributed by atoms with Crippen LogP contribution < -0.4 is 0 Å². The summed E-state index contributed by atoms with van der Waals surface area (Å²) in [5.41, 5.74) is 0.124. The highest BCUT2D eigenvalue weighted by Crippen LogP contribution is 2.28. The molecule has 0 saturated carbocycles. The second-order valence-electron chi connectivity index (χ2n) is 4.54. The highest BCUT2D eigenvalue weighted by atomic mass is 16.5. The van der Waals surface area contributed by atoms with E-state index in [2.05, 4.69) is 25.8 Å². The van der Waals surface area contributed by atoms with Crippen LogP contribution in [0.15, 0.2) is 0 Å². The van der Waals surface area contributed by atoms with Gasteiger partial charge in [0.25, 0.3) is 0 Å². The van der Waals surface area contributed by atoms with Gasteiger partial charge in [-0.05, 0) is 40.3 Å². The van der Waals surface area contributed by atoms with Gasteiger partial charge in [0.1, 0.15) is 0 Å². The van der Waals surface area contributed by atoms with E-state index in [0.29, 0.717) is 6.10 Å². The van der Waals surface area contributed by atoms with Crippen LogP contribution in [-0.2, 0) is 9.47 Å². The van der Waals surface area contributed by atoms with E-state index in [0.717, 1.165) is 19.8 Å². The van der Waals surface area contributed by atoms with E-state index in [9.17, 15) is 0 Å². The highest BCUT2D eigenvalue weighted by Gasteiger charge is 2.39. The molecule has 1 atom stereocenters. The van der Waals surface area contributed by atoms with Crippen LogP contribution in [0.5, 0.6) is 0 Å². The number of likely N-dealkylation sites (tertiary alicyclic amines) is 1. The van der Waals surface area contributed by atoms with Gasteiger partial charge in [-0.2, -0.15) is 0 Å². The summed E-state index contributed by atoms with van der Waals surface area (Å²) in [5.74, 6) is 0. The van der Waals surface area contributed by atoms with Crippen LogP contribution in [0.4, 0.5) is 0 Å². The number of hydrogen-bond acceptors (Lipinski definition) is 3. The molecule has 84 valence electrons. The number of likely N-dealkylation sites (N-methyl/N-ethyl adjacent to an activating group) is 1. The molecule has 1 aliphatic rings. The lowest BCUT2D eigenvalue weighted by molar-refractivity contribution is -0.0394. The molecule has 0 spiro atoms. The lowest BCUT2D eigenvalue weighted by Gasteiger charge is -2.35. The van der Waals surface area contributed by atoms with Crippen LogP contribution in [-0.4, -0.2) is 50.5 Å². The third-order valence-corrected chi connectivity index (χ3v) is 3.04. The first-order valence-electron chi connectivity index (χ1n) is 5.42. The second kappa shape index (κ2) is 5.10. The second-order valence-corrected chi connectivity index (χ2v) is 4.54. The average Bonchev–Trinajstić information content (AvgIpc) is 2.46. The quantitative estimate of drug-likeness (QED) is 0.673. The van der Waals surface area contributed by atoms with Gasteiger partial charge in [-0.25, -0.2) is 0 Å². The van der Waals surface area contributed by atoms with Gasteiger partial charge >= 0.3 is 0 Å². The Hall–Kier alpha value is -0.120. The molecule has 1 rings (SSSR count). The standard InChI is InChI=1S/C11H23NO2/c1-10(2)14-9-11(8-13-4)6-5-7-12(11)3/h10H,5-9H2,1-4H3. The first-order chi connectivity index (χ1) is 6.60. The predicted molar refractivity (Wildman–Crippen MR) is 57.6 cm³/mol. The van der Waals surface area contributed by atoms with Crippen LogP contribution in [0.2, 0.25) is 0 Å². The zero-order chi connectivity index (χ0) is 10.6. The Morgan fingerprint density at radius 2 is 2.07 bits per heavy atom. The molecule has 0 aliphatic carbocycles. The van der Waals surface area contributed by atoms with Crippen molar-refractivity contribution >= 4 is 0 Å². The number of methoxy groups -OCH3 is 1. The largest absolute Gasteiger partial charge is 0.383 e. The molecule has 0 N–H and O–H groups in total. The maximum atomic E-state index is 5.73. The zero-order valence-corrected chi connectivity index (χ0v) is 9.88. The van der Waals surface area contributed by atoms with E-state index in [1.165, 1.54) is 12.8 Å².